The Morgan fingerprint density at radius 1 is 1.20 bits per heavy atom. The van der Waals surface area contributed by atoms with Crippen molar-refractivity contribution in [1.82, 2.24) is 10.2 Å². The first-order valence-electron chi connectivity index (χ1n) is 7.53. The number of piperazine rings is 1. The van der Waals surface area contributed by atoms with Crippen LogP contribution in [0.15, 0.2) is 12.1 Å². The van der Waals surface area contributed by atoms with E-state index in [1.807, 2.05) is 0 Å². The standard InChI is InChI=1S/C17H28N2O/c1-13-10-14(12-19-8-6-18-7-9-19)16(20-5)15(11-13)17(2,3)4/h10-11,18H,6-9,12H2,1-5H3. The van der Waals surface area contributed by atoms with Crippen molar-refractivity contribution in [2.24, 2.45) is 0 Å². The molecule has 0 radical (unpaired) electrons. The molecular formula is C17H28N2O. The number of methoxy groups -OCH3 is 1. The van der Waals surface area contributed by atoms with Crippen molar-refractivity contribution < 1.29 is 4.74 Å². The third-order valence-corrected chi connectivity index (χ3v) is 3.93. The van der Waals surface area contributed by atoms with E-state index in [0.29, 0.717) is 0 Å². The molecular weight excluding hydrogens is 248 g/mol. The predicted molar refractivity (Wildman–Crippen MR) is 84.6 cm³/mol. The number of rotatable bonds is 3. The zero-order valence-corrected chi connectivity index (χ0v) is 13.5. The molecule has 1 fully saturated rings. The summed E-state index contributed by atoms with van der Waals surface area (Å²) in [6.07, 6.45) is 0. The smallest absolute Gasteiger partial charge is 0.127 e. The Morgan fingerprint density at radius 2 is 1.85 bits per heavy atom. The van der Waals surface area contributed by atoms with Gasteiger partial charge in [0.1, 0.15) is 5.75 Å². The number of nitrogens with one attached hydrogen (secondary N) is 1. The van der Waals surface area contributed by atoms with Gasteiger partial charge in [-0.15, -0.1) is 0 Å². The van der Waals surface area contributed by atoms with Crippen LogP contribution in [-0.2, 0) is 12.0 Å². The molecule has 1 heterocycles. The normalized spacial score (nSPS) is 17.2. The monoisotopic (exact) mass is 276 g/mol. The van der Waals surface area contributed by atoms with Gasteiger partial charge in [0, 0.05) is 43.9 Å². The van der Waals surface area contributed by atoms with E-state index >= 15 is 0 Å². The fourth-order valence-corrected chi connectivity index (χ4v) is 2.87. The first-order chi connectivity index (χ1) is 9.41. The summed E-state index contributed by atoms with van der Waals surface area (Å²) < 4.78 is 5.76. The summed E-state index contributed by atoms with van der Waals surface area (Å²) in [5, 5.41) is 3.40. The van der Waals surface area contributed by atoms with E-state index in [-0.39, 0.29) is 5.41 Å². The highest BCUT2D eigenvalue weighted by molar-refractivity contribution is 5.47. The second-order valence-electron chi connectivity index (χ2n) is 6.78. The maximum absolute atomic E-state index is 5.76. The number of hydrogen-bond acceptors (Lipinski definition) is 3. The molecule has 1 aromatic carbocycles. The number of aryl methyl sites for hydroxylation is 1. The SMILES string of the molecule is COc1c(CN2CCNCC2)cc(C)cc1C(C)(C)C. The zero-order valence-electron chi connectivity index (χ0n) is 13.5. The van der Waals surface area contributed by atoms with Gasteiger partial charge in [-0.2, -0.15) is 0 Å². The number of nitrogens with zero attached hydrogens (tertiary/aromatic N) is 1. The van der Waals surface area contributed by atoms with Crippen LogP contribution in [0.5, 0.6) is 5.75 Å². The Labute approximate surface area is 123 Å². The van der Waals surface area contributed by atoms with Crippen molar-refractivity contribution in [2.45, 2.75) is 39.7 Å². The lowest BCUT2D eigenvalue weighted by Crippen LogP contribution is -2.43. The average molecular weight is 276 g/mol. The summed E-state index contributed by atoms with van der Waals surface area (Å²) in [7, 11) is 1.79. The van der Waals surface area contributed by atoms with Gasteiger partial charge in [0.2, 0.25) is 0 Å². The highest BCUT2D eigenvalue weighted by Gasteiger charge is 2.23. The molecule has 0 aliphatic carbocycles. The van der Waals surface area contributed by atoms with Crippen molar-refractivity contribution in [3.63, 3.8) is 0 Å². The molecule has 3 heteroatoms. The Morgan fingerprint density at radius 3 is 2.40 bits per heavy atom. The summed E-state index contributed by atoms with van der Waals surface area (Å²) in [6, 6.07) is 4.54. The summed E-state index contributed by atoms with van der Waals surface area (Å²) in [5.74, 6) is 1.07. The minimum Gasteiger partial charge on any atom is -0.496 e. The van der Waals surface area contributed by atoms with Crippen LogP contribution in [0.1, 0.15) is 37.5 Å². The van der Waals surface area contributed by atoms with Gasteiger partial charge in [0.05, 0.1) is 7.11 Å². The van der Waals surface area contributed by atoms with E-state index in [1.165, 1.54) is 16.7 Å². The lowest BCUT2D eigenvalue weighted by Gasteiger charge is -2.30. The third kappa shape index (κ3) is 3.53. The first-order valence-corrected chi connectivity index (χ1v) is 7.53. The highest BCUT2D eigenvalue weighted by atomic mass is 16.5. The van der Waals surface area contributed by atoms with Crippen molar-refractivity contribution >= 4 is 0 Å². The van der Waals surface area contributed by atoms with E-state index in [9.17, 15) is 0 Å². The number of benzene rings is 1. The third-order valence-electron chi connectivity index (χ3n) is 3.93. The Bertz CT molecular complexity index is 457. The number of hydrogen-bond donors (Lipinski definition) is 1. The Kier molecular flexibility index (Phi) is 4.71. The summed E-state index contributed by atoms with van der Waals surface area (Å²) in [4.78, 5) is 2.50. The van der Waals surface area contributed by atoms with Crippen LogP contribution in [0, 0.1) is 6.92 Å². The van der Waals surface area contributed by atoms with E-state index in [2.05, 4.69) is 50.0 Å². The van der Waals surface area contributed by atoms with Crippen LogP contribution in [-0.4, -0.2) is 38.2 Å². The van der Waals surface area contributed by atoms with Gasteiger partial charge in [-0.3, -0.25) is 4.90 Å². The highest BCUT2D eigenvalue weighted by Crippen LogP contribution is 2.35. The second-order valence-corrected chi connectivity index (χ2v) is 6.78. The van der Waals surface area contributed by atoms with Crippen LogP contribution in [0.4, 0.5) is 0 Å². The molecule has 1 aliphatic heterocycles. The van der Waals surface area contributed by atoms with Crippen molar-refractivity contribution in [3.05, 3.63) is 28.8 Å². The van der Waals surface area contributed by atoms with Gasteiger partial charge < -0.3 is 10.1 Å². The molecule has 1 saturated heterocycles. The van der Waals surface area contributed by atoms with Crippen LogP contribution in [0.2, 0.25) is 0 Å². The molecule has 0 unspecified atom stereocenters. The van der Waals surface area contributed by atoms with E-state index < -0.39 is 0 Å². The average Bonchev–Trinajstić information content (AvgIpc) is 2.38. The molecule has 3 nitrogen and oxygen atoms in total. The molecule has 1 N–H and O–H groups in total. The van der Waals surface area contributed by atoms with Gasteiger partial charge in [-0.05, 0) is 12.3 Å². The van der Waals surface area contributed by atoms with Crippen molar-refractivity contribution in [1.29, 1.82) is 0 Å². The Hall–Kier alpha value is -1.06. The topological polar surface area (TPSA) is 24.5 Å². The fourth-order valence-electron chi connectivity index (χ4n) is 2.87. The molecule has 0 amide bonds. The molecule has 1 aromatic rings. The largest absolute Gasteiger partial charge is 0.496 e. The summed E-state index contributed by atoms with van der Waals surface area (Å²) >= 11 is 0. The fraction of sp³-hybridized carbons (Fsp3) is 0.647. The van der Waals surface area contributed by atoms with E-state index in [4.69, 9.17) is 4.74 Å². The van der Waals surface area contributed by atoms with Crippen molar-refractivity contribution in [2.75, 3.05) is 33.3 Å². The second kappa shape index (κ2) is 6.15. The maximum atomic E-state index is 5.76. The van der Waals surface area contributed by atoms with Crippen LogP contribution < -0.4 is 10.1 Å². The van der Waals surface area contributed by atoms with Crippen LogP contribution in [0.3, 0.4) is 0 Å². The molecule has 0 saturated carbocycles. The van der Waals surface area contributed by atoms with Crippen LogP contribution >= 0.6 is 0 Å². The molecule has 2 rings (SSSR count). The summed E-state index contributed by atoms with van der Waals surface area (Å²) in [5.41, 5.74) is 4.06. The van der Waals surface area contributed by atoms with Gasteiger partial charge in [0.15, 0.2) is 0 Å². The molecule has 0 bridgehead atoms. The molecule has 1 aliphatic rings. The number of ether oxygens (including phenoxy) is 1. The maximum Gasteiger partial charge on any atom is 0.127 e. The van der Waals surface area contributed by atoms with Gasteiger partial charge in [0.25, 0.3) is 0 Å². The first kappa shape index (κ1) is 15.3. The van der Waals surface area contributed by atoms with Crippen LogP contribution in [0.25, 0.3) is 0 Å². The zero-order chi connectivity index (χ0) is 14.8. The quantitative estimate of drug-likeness (QED) is 0.918. The lowest BCUT2D eigenvalue weighted by atomic mass is 9.84. The predicted octanol–water partition coefficient (Wildman–Crippen LogP) is 2.71. The van der Waals surface area contributed by atoms with E-state index in [0.717, 1.165) is 38.5 Å². The molecule has 0 spiro atoms. The minimum absolute atomic E-state index is 0.107. The lowest BCUT2D eigenvalue weighted by molar-refractivity contribution is 0.229. The van der Waals surface area contributed by atoms with Gasteiger partial charge in [-0.1, -0.05) is 38.5 Å². The van der Waals surface area contributed by atoms with Gasteiger partial charge in [-0.25, -0.2) is 0 Å². The molecule has 0 aromatic heterocycles. The minimum atomic E-state index is 0.107. The molecule has 20 heavy (non-hydrogen) atoms. The van der Waals surface area contributed by atoms with E-state index in [1.54, 1.807) is 7.11 Å². The Balaban J connectivity index is 2.33. The van der Waals surface area contributed by atoms with Gasteiger partial charge >= 0.3 is 0 Å². The van der Waals surface area contributed by atoms with Crippen molar-refractivity contribution in [3.8, 4) is 5.75 Å². The summed E-state index contributed by atoms with van der Waals surface area (Å²) in [6.45, 7) is 14.3. The molecule has 112 valence electrons. The molecule has 0 atom stereocenters.